The Morgan fingerprint density at radius 2 is 1.95 bits per heavy atom. The lowest BCUT2D eigenvalue weighted by Gasteiger charge is -2.10. The molecule has 0 radical (unpaired) electrons. The zero-order valence-electron chi connectivity index (χ0n) is 9.89. The third-order valence-corrected chi connectivity index (χ3v) is 3.13. The number of hydrogen-bond acceptors (Lipinski definition) is 3. The average molecular weight is 326 g/mol. The molecule has 0 atom stereocenters. The second-order valence-corrected chi connectivity index (χ2v) is 4.71. The molecule has 0 aliphatic heterocycles. The van der Waals surface area contributed by atoms with Crippen molar-refractivity contribution in [2.45, 2.75) is 6.92 Å². The second kappa shape index (κ2) is 5.36. The van der Waals surface area contributed by atoms with E-state index >= 15 is 0 Å². The van der Waals surface area contributed by atoms with E-state index in [-0.39, 0.29) is 15.9 Å². The lowest BCUT2D eigenvalue weighted by molar-refractivity contribution is -0.385. The van der Waals surface area contributed by atoms with Crippen LogP contribution in [0.1, 0.15) is 5.56 Å². The van der Waals surface area contributed by atoms with Gasteiger partial charge in [-0.15, -0.1) is 0 Å². The van der Waals surface area contributed by atoms with Crippen LogP contribution in [0.25, 0.3) is 0 Å². The van der Waals surface area contributed by atoms with Gasteiger partial charge in [0.05, 0.1) is 9.40 Å². The van der Waals surface area contributed by atoms with Crippen LogP contribution in [0, 0.1) is 22.9 Å². The van der Waals surface area contributed by atoms with Gasteiger partial charge in [-0.25, -0.2) is 4.39 Å². The van der Waals surface area contributed by atoms with Crippen molar-refractivity contribution in [3.05, 3.63) is 62.4 Å². The summed E-state index contributed by atoms with van der Waals surface area (Å²) < 4.78 is 19.2. The van der Waals surface area contributed by atoms with Crippen molar-refractivity contribution in [2.24, 2.45) is 0 Å². The molecular formula is C13H9BrFNO3. The van der Waals surface area contributed by atoms with Gasteiger partial charge in [0.2, 0.25) is 0 Å². The number of hydrogen-bond donors (Lipinski definition) is 0. The van der Waals surface area contributed by atoms with E-state index in [0.29, 0.717) is 11.3 Å². The minimum atomic E-state index is -0.496. The van der Waals surface area contributed by atoms with Crippen molar-refractivity contribution in [3.63, 3.8) is 0 Å². The van der Waals surface area contributed by atoms with Crippen molar-refractivity contribution in [1.29, 1.82) is 0 Å². The van der Waals surface area contributed by atoms with Gasteiger partial charge in [-0.05, 0) is 40.5 Å². The van der Waals surface area contributed by atoms with Gasteiger partial charge in [-0.1, -0.05) is 12.1 Å². The molecule has 98 valence electrons. The summed E-state index contributed by atoms with van der Waals surface area (Å²) >= 11 is 3.10. The first kappa shape index (κ1) is 13.5. The number of ether oxygens (including phenoxy) is 1. The SMILES string of the molecule is Cc1cc([N+](=O)[O-])c(Br)cc1Oc1ccccc1F. The third kappa shape index (κ3) is 2.90. The molecule has 0 N–H and O–H groups in total. The molecule has 19 heavy (non-hydrogen) atoms. The molecule has 0 aromatic heterocycles. The maximum Gasteiger partial charge on any atom is 0.284 e. The summed E-state index contributed by atoms with van der Waals surface area (Å²) in [5.74, 6) is -0.0506. The number of benzene rings is 2. The molecule has 2 rings (SSSR count). The van der Waals surface area contributed by atoms with E-state index in [9.17, 15) is 14.5 Å². The molecule has 0 fully saturated rings. The van der Waals surface area contributed by atoms with Gasteiger partial charge in [-0.2, -0.15) is 0 Å². The van der Waals surface area contributed by atoms with Crippen LogP contribution in [0.5, 0.6) is 11.5 Å². The van der Waals surface area contributed by atoms with Crippen LogP contribution in [-0.4, -0.2) is 4.92 Å². The third-order valence-electron chi connectivity index (χ3n) is 2.50. The van der Waals surface area contributed by atoms with Gasteiger partial charge in [0, 0.05) is 12.1 Å². The van der Waals surface area contributed by atoms with Crippen LogP contribution in [0.15, 0.2) is 40.9 Å². The maximum absolute atomic E-state index is 13.5. The molecule has 0 heterocycles. The molecule has 6 heteroatoms. The molecule has 0 saturated heterocycles. The number of aryl methyl sites for hydroxylation is 1. The summed E-state index contributed by atoms with van der Waals surface area (Å²) in [4.78, 5) is 10.3. The van der Waals surface area contributed by atoms with Crippen molar-refractivity contribution in [3.8, 4) is 11.5 Å². The summed E-state index contributed by atoms with van der Waals surface area (Å²) in [6, 6.07) is 8.81. The van der Waals surface area contributed by atoms with Crippen molar-refractivity contribution in [1.82, 2.24) is 0 Å². The highest BCUT2D eigenvalue weighted by Gasteiger charge is 2.16. The van der Waals surface area contributed by atoms with Crippen LogP contribution in [0.3, 0.4) is 0 Å². The van der Waals surface area contributed by atoms with Crippen molar-refractivity contribution < 1.29 is 14.1 Å². The van der Waals surface area contributed by atoms with E-state index in [1.54, 1.807) is 19.1 Å². The van der Waals surface area contributed by atoms with Gasteiger partial charge in [0.1, 0.15) is 5.75 Å². The van der Waals surface area contributed by atoms with E-state index in [1.165, 1.54) is 24.3 Å². The first-order chi connectivity index (χ1) is 8.99. The number of nitro benzene ring substituents is 1. The van der Waals surface area contributed by atoms with Crippen LogP contribution < -0.4 is 4.74 Å². The van der Waals surface area contributed by atoms with E-state index in [0.717, 1.165) is 0 Å². The predicted molar refractivity (Wildman–Crippen MR) is 72.0 cm³/mol. The van der Waals surface area contributed by atoms with E-state index in [1.807, 2.05) is 0 Å². The molecule has 0 bridgehead atoms. The highest BCUT2D eigenvalue weighted by atomic mass is 79.9. The fourth-order valence-electron chi connectivity index (χ4n) is 1.54. The van der Waals surface area contributed by atoms with Crippen LogP contribution >= 0.6 is 15.9 Å². The monoisotopic (exact) mass is 325 g/mol. The van der Waals surface area contributed by atoms with Gasteiger partial charge < -0.3 is 4.74 Å². The van der Waals surface area contributed by atoms with Gasteiger partial charge in [-0.3, -0.25) is 10.1 Å². The zero-order valence-corrected chi connectivity index (χ0v) is 11.5. The molecular weight excluding hydrogens is 317 g/mol. The normalized spacial score (nSPS) is 10.3. The number of nitro groups is 1. The Morgan fingerprint density at radius 3 is 2.58 bits per heavy atom. The lowest BCUT2D eigenvalue weighted by atomic mass is 10.2. The van der Waals surface area contributed by atoms with Gasteiger partial charge in [0.25, 0.3) is 5.69 Å². The molecule has 0 spiro atoms. The predicted octanol–water partition coefficient (Wildman–Crippen LogP) is 4.60. The topological polar surface area (TPSA) is 52.4 Å². The molecule has 0 unspecified atom stereocenters. The summed E-state index contributed by atoms with van der Waals surface area (Å²) in [6.45, 7) is 1.66. The fraction of sp³-hybridized carbons (Fsp3) is 0.0769. The summed E-state index contributed by atoms with van der Waals surface area (Å²) in [6.07, 6.45) is 0. The average Bonchev–Trinajstić information content (AvgIpc) is 2.35. The molecule has 0 saturated carbocycles. The van der Waals surface area contributed by atoms with Crippen molar-refractivity contribution in [2.75, 3.05) is 0 Å². The molecule has 0 aliphatic rings. The standard InChI is InChI=1S/C13H9BrFNO3/c1-8-6-11(16(17)18)9(14)7-13(8)19-12-5-3-2-4-10(12)15/h2-7H,1H3. The summed E-state index contributed by atoms with van der Waals surface area (Å²) in [5.41, 5.74) is 0.497. The number of halogens is 2. The highest BCUT2D eigenvalue weighted by molar-refractivity contribution is 9.10. The van der Waals surface area contributed by atoms with Crippen LogP contribution in [0.2, 0.25) is 0 Å². The zero-order chi connectivity index (χ0) is 14.0. The number of nitrogens with zero attached hydrogens (tertiary/aromatic N) is 1. The van der Waals surface area contributed by atoms with Crippen LogP contribution in [0.4, 0.5) is 10.1 Å². The highest BCUT2D eigenvalue weighted by Crippen LogP contribution is 2.35. The minimum Gasteiger partial charge on any atom is -0.454 e. The summed E-state index contributed by atoms with van der Waals surface area (Å²) in [7, 11) is 0. The van der Waals surface area contributed by atoms with E-state index < -0.39 is 10.7 Å². The van der Waals surface area contributed by atoms with E-state index in [4.69, 9.17) is 4.74 Å². The minimum absolute atomic E-state index is 0.0571. The molecule has 2 aromatic carbocycles. The molecule has 4 nitrogen and oxygen atoms in total. The Labute approximate surface area is 117 Å². The second-order valence-electron chi connectivity index (χ2n) is 3.86. The molecule has 0 aliphatic carbocycles. The Kier molecular flexibility index (Phi) is 3.80. The van der Waals surface area contributed by atoms with E-state index in [2.05, 4.69) is 15.9 Å². The lowest BCUT2D eigenvalue weighted by Crippen LogP contribution is -1.94. The van der Waals surface area contributed by atoms with Gasteiger partial charge in [0.15, 0.2) is 11.6 Å². The Hall–Kier alpha value is -1.95. The smallest absolute Gasteiger partial charge is 0.284 e. The largest absolute Gasteiger partial charge is 0.454 e. The maximum atomic E-state index is 13.5. The van der Waals surface area contributed by atoms with Gasteiger partial charge >= 0.3 is 0 Å². The Bertz CT molecular complexity index is 646. The first-order valence-electron chi connectivity index (χ1n) is 5.36. The molecule has 2 aromatic rings. The number of para-hydroxylation sites is 1. The Morgan fingerprint density at radius 1 is 1.26 bits per heavy atom. The number of rotatable bonds is 3. The summed E-state index contributed by atoms with van der Waals surface area (Å²) in [5, 5.41) is 10.8. The first-order valence-corrected chi connectivity index (χ1v) is 6.15. The fourth-order valence-corrected chi connectivity index (χ4v) is 2.01. The quantitative estimate of drug-likeness (QED) is 0.612. The van der Waals surface area contributed by atoms with Crippen LogP contribution in [-0.2, 0) is 0 Å². The molecule has 0 amide bonds. The van der Waals surface area contributed by atoms with Crippen molar-refractivity contribution >= 4 is 21.6 Å². The Balaban J connectivity index is 2.39.